The fourth-order valence-electron chi connectivity index (χ4n) is 4.91. The molecule has 3 amide bonds. The van der Waals surface area contributed by atoms with E-state index in [1.165, 1.54) is 9.80 Å². The largest absolute Gasteiger partial charge is 0.350 e. The van der Waals surface area contributed by atoms with Gasteiger partial charge in [-0.2, -0.15) is 16.5 Å². The number of carbonyl (C=O) groups is 3. The van der Waals surface area contributed by atoms with Crippen molar-refractivity contribution in [1.82, 2.24) is 19.8 Å². The van der Waals surface area contributed by atoms with Crippen LogP contribution in [0.4, 0.5) is 0 Å². The van der Waals surface area contributed by atoms with Crippen LogP contribution in [0.1, 0.15) is 29.5 Å². The van der Waals surface area contributed by atoms with Gasteiger partial charge in [0.05, 0.1) is 5.75 Å². The molecular weight excluding hydrogens is 574 g/mol. The third-order valence-corrected chi connectivity index (χ3v) is 9.48. The second kappa shape index (κ2) is 13.8. The van der Waals surface area contributed by atoms with E-state index in [2.05, 4.69) is 10.0 Å². The van der Waals surface area contributed by atoms with E-state index in [1.807, 2.05) is 0 Å². The number of hydrogen-bond acceptors (Lipinski definition) is 7. The molecule has 0 aliphatic carbocycles. The van der Waals surface area contributed by atoms with E-state index >= 15 is 0 Å². The number of rotatable bonds is 10. The van der Waals surface area contributed by atoms with Gasteiger partial charge in [-0.15, -0.1) is 0 Å². The van der Waals surface area contributed by atoms with Crippen molar-refractivity contribution in [3.63, 3.8) is 0 Å². The van der Waals surface area contributed by atoms with Gasteiger partial charge in [-0.25, -0.2) is 8.42 Å². The number of likely N-dealkylation sites (tertiary alicyclic amines) is 1. The molecule has 2 aromatic carbocycles. The molecule has 40 heavy (non-hydrogen) atoms. The van der Waals surface area contributed by atoms with Crippen LogP contribution in [0.3, 0.4) is 0 Å². The van der Waals surface area contributed by atoms with Gasteiger partial charge in [0, 0.05) is 49.3 Å². The van der Waals surface area contributed by atoms with Crippen LogP contribution in [0.5, 0.6) is 0 Å². The van der Waals surface area contributed by atoms with E-state index in [-0.39, 0.29) is 31.3 Å². The number of nitrogens with two attached hydrogens (primary N) is 1. The first-order valence-electron chi connectivity index (χ1n) is 13.1. The maximum atomic E-state index is 13.8. The first-order chi connectivity index (χ1) is 19.2. The van der Waals surface area contributed by atoms with Crippen LogP contribution in [0.2, 0.25) is 5.02 Å². The maximum Gasteiger partial charge on any atom is 0.251 e. The molecule has 2 aromatic rings. The molecule has 2 saturated heterocycles. The van der Waals surface area contributed by atoms with Gasteiger partial charge in [0.25, 0.3) is 5.91 Å². The quantitative estimate of drug-likeness (QED) is 0.347. The lowest BCUT2D eigenvalue weighted by Gasteiger charge is -2.33. The van der Waals surface area contributed by atoms with Gasteiger partial charge in [0.15, 0.2) is 6.04 Å². The normalized spacial score (nSPS) is 18.4. The van der Waals surface area contributed by atoms with Crippen molar-refractivity contribution in [1.29, 1.82) is 0 Å². The lowest BCUT2D eigenvalue weighted by atomic mass is 10.1. The monoisotopic (exact) mass is 607 g/mol. The number of carbonyl (C=O) groups excluding carboxylic acids is 3. The number of hydrogen-bond donors (Lipinski definition) is 3. The van der Waals surface area contributed by atoms with Crippen molar-refractivity contribution in [2.45, 2.75) is 43.8 Å². The summed E-state index contributed by atoms with van der Waals surface area (Å²) < 4.78 is 28.6. The second-order valence-corrected chi connectivity index (χ2v) is 13.2. The molecule has 2 heterocycles. The Hall–Kier alpha value is -2.64. The molecule has 4 rings (SSSR count). The number of amides is 3. The molecule has 216 valence electrons. The summed E-state index contributed by atoms with van der Waals surface area (Å²) in [6.45, 7) is 1.52. The van der Waals surface area contributed by atoms with Crippen molar-refractivity contribution in [3.8, 4) is 0 Å². The molecule has 2 atom stereocenters. The Balaban J connectivity index is 1.51. The Morgan fingerprint density at radius 1 is 1.02 bits per heavy atom. The average molecular weight is 608 g/mol. The summed E-state index contributed by atoms with van der Waals surface area (Å²) >= 11 is 7.80. The van der Waals surface area contributed by atoms with Crippen LogP contribution in [0, 0.1) is 0 Å². The SMILES string of the molecule is NCc1ccc(Cl)cc1CNC(=O)[C@@H]1CCCN1C(=O)C(NS(=O)(=O)Cc1ccccc1)C(=O)N1CCSCC1. The third-order valence-electron chi connectivity index (χ3n) is 6.99. The highest BCUT2D eigenvalue weighted by Gasteiger charge is 2.42. The zero-order valence-corrected chi connectivity index (χ0v) is 24.4. The second-order valence-electron chi connectivity index (χ2n) is 9.76. The highest BCUT2D eigenvalue weighted by atomic mass is 35.5. The summed E-state index contributed by atoms with van der Waals surface area (Å²) in [4.78, 5) is 43.4. The molecule has 1 unspecified atom stereocenters. The highest BCUT2D eigenvalue weighted by Crippen LogP contribution is 2.22. The zero-order valence-electron chi connectivity index (χ0n) is 22.1. The average Bonchev–Trinajstić information content (AvgIpc) is 3.45. The van der Waals surface area contributed by atoms with Gasteiger partial charge < -0.3 is 20.9 Å². The number of thioether (sulfide) groups is 1. The topological polar surface area (TPSA) is 142 Å². The predicted molar refractivity (Wildman–Crippen MR) is 156 cm³/mol. The molecule has 10 nitrogen and oxygen atoms in total. The lowest BCUT2D eigenvalue weighted by Crippen LogP contribution is -2.60. The van der Waals surface area contributed by atoms with Gasteiger partial charge in [-0.05, 0) is 41.7 Å². The number of benzene rings is 2. The Morgan fingerprint density at radius 3 is 2.45 bits per heavy atom. The summed E-state index contributed by atoms with van der Waals surface area (Å²) in [5, 5.41) is 3.37. The molecule has 13 heteroatoms. The van der Waals surface area contributed by atoms with Crippen molar-refractivity contribution in [2.24, 2.45) is 5.73 Å². The fourth-order valence-corrected chi connectivity index (χ4v) is 7.29. The van der Waals surface area contributed by atoms with Crippen molar-refractivity contribution < 1.29 is 22.8 Å². The molecular formula is C27H34ClN5O5S2. The Morgan fingerprint density at radius 2 is 1.75 bits per heavy atom. The van der Waals surface area contributed by atoms with Crippen molar-refractivity contribution in [3.05, 3.63) is 70.2 Å². The minimum Gasteiger partial charge on any atom is -0.350 e. The van der Waals surface area contributed by atoms with Crippen LogP contribution < -0.4 is 15.8 Å². The molecule has 2 aliphatic rings. The zero-order chi connectivity index (χ0) is 28.7. The van der Waals surface area contributed by atoms with E-state index in [1.54, 1.807) is 60.3 Å². The van der Waals surface area contributed by atoms with E-state index in [9.17, 15) is 22.8 Å². The number of nitrogens with zero attached hydrogens (tertiary/aromatic N) is 2. The molecule has 2 aliphatic heterocycles. The van der Waals surface area contributed by atoms with Gasteiger partial charge in [-0.3, -0.25) is 14.4 Å². The minimum atomic E-state index is -4.06. The van der Waals surface area contributed by atoms with Gasteiger partial charge >= 0.3 is 0 Å². The minimum absolute atomic E-state index is 0.169. The number of nitrogens with one attached hydrogen (secondary N) is 2. The molecule has 0 bridgehead atoms. The summed E-state index contributed by atoms with van der Waals surface area (Å²) in [6.07, 6.45) is 0.946. The summed E-state index contributed by atoms with van der Waals surface area (Å²) in [7, 11) is -4.06. The summed E-state index contributed by atoms with van der Waals surface area (Å²) in [5.41, 5.74) is 7.94. The maximum absolute atomic E-state index is 13.8. The Kier molecular flexibility index (Phi) is 10.5. The van der Waals surface area contributed by atoms with Crippen LogP contribution in [0.25, 0.3) is 0 Å². The smallest absolute Gasteiger partial charge is 0.251 e. The van der Waals surface area contributed by atoms with Crippen LogP contribution in [-0.4, -0.2) is 79.2 Å². The highest BCUT2D eigenvalue weighted by molar-refractivity contribution is 7.99. The number of halogens is 1. The standard InChI is InChI=1S/C27H34ClN5O5S2/c28-22-9-8-20(16-29)21(15-22)17-30-25(34)23-7-4-10-33(23)27(36)24(26(35)32-11-13-39-14-12-32)31-40(37,38)18-19-5-2-1-3-6-19/h1-3,5-6,8-9,15,23-24,31H,4,7,10-14,16-18,29H2,(H,30,34)/t23-,24?/m0/s1. The van der Waals surface area contributed by atoms with Gasteiger partial charge in [0.2, 0.25) is 21.8 Å². The van der Waals surface area contributed by atoms with E-state index in [0.29, 0.717) is 48.0 Å². The third kappa shape index (κ3) is 7.76. The van der Waals surface area contributed by atoms with E-state index in [0.717, 1.165) is 11.1 Å². The Bertz CT molecular complexity index is 1320. The summed E-state index contributed by atoms with van der Waals surface area (Å²) in [5.74, 6) is -0.684. The first kappa shape index (κ1) is 30.3. The van der Waals surface area contributed by atoms with E-state index < -0.39 is 33.9 Å². The van der Waals surface area contributed by atoms with Crippen LogP contribution in [0.15, 0.2) is 48.5 Å². The molecule has 0 saturated carbocycles. The van der Waals surface area contributed by atoms with Gasteiger partial charge in [-0.1, -0.05) is 48.0 Å². The fraction of sp³-hybridized carbons (Fsp3) is 0.444. The van der Waals surface area contributed by atoms with Crippen LogP contribution >= 0.6 is 23.4 Å². The summed E-state index contributed by atoms with van der Waals surface area (Å²) in [6, 6.07) is 11.3. The van der Waals surface area contributed by atoms with Gasteiger partial charge in [0.1, 0.15) is 6.04 Å². The predicted octanol–water partition coefficient (Wildman–Crippen LogP) is 1.47. The molecule has 4 N–H and O–H groups in total. The molecule has 0 radical (unpaired) electrons. The van der Waals surface area contributed by atoms with Crippen molar-refractivity contribution in [2.75, 3.05) is 31.1 Å². The Labute approximate surface area is 244 Å². The van der Waals surface area contributed by atoms with E-state index in [4.69, 9.17) is 17.3 Å². The number of sulfonamides is 1. The molecule has 2 fully saturated rings. The molecule has 0 aromatic heterocycles. The molecule has 0 spiro atoms. The lowest BCUT2D eigenvalue weighted by molar-refractivity contribution is -0.146. The first-order valence-corrected chi connectivity index (χ1v) is 16.3. The van der Waals surface area contributed by atoms with Crippen molar-refractivity contribution >= 4 is 51.1 Å². The van der Waals surface area contributed by atoms with Crippen LogP contribution in [-0.2, 0) is 43.2 Å².